The third-order valence-corrected chi connectivity index (χ3v) is 13.2. The molecule has 3 aliphatic carbocycles. The van der Waals surface area contributed by atoms with Gasteiger partial charge in [-0.2, -0.15) is 0 Å². The summed E-state index contributed by atoms with van der Waals surface area (Å²) in [4.78, 5) is 0. The van der Waals surface area contributed by atoms with Gasteiger partial charge in [0.1, 0.15) is 5.75 Å². The molecule has 55 heavy (non-hydrogen) atoms. The zero-order valence-electron chi connectivity index (χ0n) is 36.9. The fraction of sp³-hybridized carbons (Fsp3) is 0.481. The minimum atomic E-state index is -0.0564. The first-order valence-electron chi connectivity index (χ1n) is 21.2. The Morgan fingerprint density at radius 2 is 1.05 bits per heavy atom. The highest BCUT2D eigenvalue weighted by molar-refractivity contribution is 5.88. The molecule has 1 nitrogen and oxygen atoms in total. The molecule has 0 fully saturated rings. The van der Waals surface area contributed by atoms with Crippen LogP contribution < -0.4 is 4.74 Å². The van der Waals surface area contributed by atoms with Gasteiger partial charge in [0.05, 0.1) is 7.11 Å². The zero-order valence-corrected chi connectivity index (χ0v) is 36.9. The number of hydrogen-bond acceptors (Lipinski definition) is 1. The van der Waals surface area contributed by atoms with Gasteiger partial charge in [-0.15, -0.1) is 0 Å². The van der Waals surface area contributed by atoms with Crippen LogP contribution in [-0.2, 0) is 34.5 Å². The summed E-state index contributed by atoms with van der Waals surface area (Å²) < 4.78 is 6.34. The summed E-state index contributed by atoms with van der Waals surface area (Å²) >= 11 is 0. The molecule has 4 aromatic carbocycles. The maximum absolute atomic E-state index is 6.34. The van der Waals surface area contributed by atoms with Gasteiger partial charge in [-0.05, 0) is 134 Å². The molecule has 0 amide bonds. The normalized spacial score (nSPS) is 18.2. The van der Waals surface area contributed by atoms with E-state index in [2.05, 4.69) is 164 Å². The fourth-order valence-corrected chi connectivity index (χ4v) is 9.78. The molecule has 0 N–H and O–H groups in total. The summed E-state index contributed by atoms with van der Waals surface area (Å²) in [5.41, 5.74) is 23.3. The molecule has 0 radical (unpaired) electrons. The molecule has 4 aromatic rings. The molecule has 0 aromatic heterocycles. The second kappa shape index (κ2) is 13.7. The van der Waals surface area contributed by atoms with Crippen LogP contribution in [0.1, 0.15) is 184 Å². The van der Waals surface area contributed by atoms with Crippen LogP contribution in [0.25, 0.3) is 34.4 Å². The molecule has 0 bridgehead atoms. The number of allylic oxidation sites excluding steroid dienone is 2. The number of rotatable bonds is 6. The largest absolute Gasteiger partial charge is 0.496 e. The van der Waals surface area contributed by atoms with E-state index in [1.807, 2.05) is 7.11 Å². The van der Waals surface area contributed by atoms with Crippen LogP contribution >= 0.6 is 0 Å². The van der Waals surface area contributed by atoms with Gasteiger partial charge in [0.15, 0.2) is 0 Å². The van der Waals surface area contributed by atoms with Crippen molar-refractivity contribution in [1.29, 1.82) is 0 Å². The van der Waals surface area contributed by atoms with Crippen molar-refractivity contribution in [3.8, 4) is 28.0 Å². The summed E-state index contributed by atoms with van der Waals surface area (Å²) in [6, 6.07) is 21.9. The molecule has 290 valence electrons. The Morgan fingerprint density at radius 1 is 0.545 bits per heavy atom. The molecular formula is C54H68O. The standard InChI is InChI=1S/C54H68O/c1-32-25-45-43(29-35-17-16-18-42(35)48(45)36-27-38(52(6,7)8)30-39(28-36)53(9,10)11)40(32)23-24-41-33(2)26-46-44(41)31-47(54(12,13)14)50(55-15)49(46)34-19-21-37(22-20-34)51(3,4)5/h19-22,25-31,40-41H,16-18,23-24H2,1-15H3. The van der Waals surface area contributed by atoms with Crippen molar-refractivity contribution in [2.75, 3.05) is 7.11 Å². The molecule has 2 unspecified atom stereocenters. The zero-order chi connectivity index (χ0) is 40.0. The molecular weight excluding hydrogens is 665 g/mol. The van der Waals surface area contributed by atoms with E-state index >= 15 is 0 Å². The molecule has 1 heteroatoms. The van der Waals surface area contributed by atoms with Crippen LogP contribution in [0.2, 0.25) is 0 Å². The van der Waals surface area contributed by atoms with Crippen LogP contribution in [0.3, 0.4) is 0 Å². The van der Waals surface area contributed by atoms with E-state index in [9.17, 15) is 0 Å². The lowest BCUT2D eigenvalue weighted by atomic mass is 9.77. The smallest absolute Gasteiger partial charge is 0.131 e. The highest BCUT2D eigenvalue weighted by atomic mass is 16.5. The van der Waals surface area contributed by atoms with E-state index in [1.165, 1.54) is 91.6 Å². The van der Waals surface area contributed by atoms with Crippen molar-refractivity contribution >= 4 is 12.2 Å². The van der Waals surface area contributed by atoms with E-state index in [4.69, 9.17) is 4.74 Å². The number of fused-ring (bicyclic) bond motifs is 3. The second-order valence-electron chi connectivity index (χ2n) is 21.4. The number of ether oxygens (including phenoxy) is 1. The summed E-state index contributed by atoms with van der Waals surface area (Å²) in [5, 5.41) is 0. The number of benzene rings is 4. The first kappa shape index (κ1) is 39.4. The SMILES string of the molecule is COc1c(C(C)(C)C)cc2c(c1-c1ccc(C(C)(C)C)cc1)C=C(C)C2CCC1C(C)=Cc2c1cc1c(c2-c2cc(C(C)(C)C)cc(C(C)(C)C)c2)CCC1. The predicted molar refractivity (Wildman–Crippen MR) is 239 cm³/mol. The Kier molecular flexibility index (Phi) is 9.79. The molecule has 2 atom stereocenters. The average molecular weight is 733 g/mol. The Balaban J connectivity index is 1.30. The second-order valence-corrected chi connectivity index (χ2v) is 21.4. The van der Waals surface area contributed by atoms with Gasteiger partial charge >= 0.3 is 0 Å². The van der Waals surface area contributed by atoms with E-state index in [0.29, 0.717) is 11.8 Å². The lowest BCUT2D eigenvalue weighted by molar-refractivity contribution is 0.398. The third-order valence-electron chi connectivity index (χ3n) is 13.2. The molecule has 3 aliphatic rings. The van der Waals surface area contributed by atoms with Gasteiger partial charge in [0, 0.05) is 23.0 Å². The van der Waals surface area contributed by atoms with Crippen LogP contribution in [0.5, 0.6) is 5.75 Å². The molecule has 0 saturated heterocycles. The Labute approximate surface area is 334 Å². The van der Waals surface area contributed by atoms with Gasteiger partial charge in [-0.25, -0.2) is 0 Å². The molecule has 0 heterocycles. The summed E-state index contributed by atoms with van der Waals surface area (Å²) in [7, 11) is 1.86. The van der Waals surface area contributed by atoms with Gasteiger partial charge in [0.2, 0.25) is 0 Å². The highest BCUT2D eigenvalue weighted by Crippen LogP contribution is 2.53. The van der Waals surface area contributed by atoms with Crippen LogP contribution in [0.15, 0.2) is 65.7 Å². The highest BCUT2D eigenvalue weighted by Gasteiger charge is 2.35. The van der Waals surface area contributed by atoms with E-state index in [0.717, 1.165) is 18.6 Å². The topological polar surface area (TPSA) is 9.23 Å². The average Bonchev–Trinajstić information content (AvgIpc) is 3.77. The molecule has 0 saturated carbocycles. The lowest BCUT2D eigenvalue weighted by Crippen LogP contribution is -2.16. The van der Waals surface area contributed by atoms with Crippen molar-refractivity contribution in [1.82, 2.24) is 0 Å². The van der Waals surface area contributed by atoms with Gasteiger partial charge in [-0.1, -0.05) is 161 Å². The minimum Gasteiger partial charge on any atom is -0.496 e. The minimum absolute atomic E-state index is 0.0564. The maximum atomic E-state index is 6.34. The predicted octanol–water partition coefficient (Wildman–Crippen LogP) is 15.2. The number of methoxy groups -OCH3 is 1. The van der Waals surface area contributed by atoms with Crippen LogP contribution in [-0.4, -0.2) is 7.11 Å². The Morgan fingerprint density at radius 3 is 1.55 bits per heavy atom. The first-order chi connectivity index (χ1) is 25.6. The molecule has 0 spiro atoms. The van der Waals surface area contributed by atoms with E-state index in [1.54, 1.807) is 16.7 Å². The van der Waals surface area contributed by atoms with Crippen LogP contribution in [0.4, 0.5) is 0 Å². The van der Waals surface area contributed by atoms with Crippen molar-refractivity contribution in [3.05, 3.63) is 121 Å². The van der Waals surface area contributed by atoms with Crippen molar-refractivity contribution in [2.45, 2.75) is 163 Å². The quantitative estimate of drug-likeness (QED) is 0.192. The molecule has 7 rings (SSSR count). The van der Waals surface area contributed by atoms with Gasteiger partial charge < -0.3 is 4.74 Å². The monoisotopic (exact) mass is 733 g/mol. The maximum Gasteiger partial charge on any atom is 0.131 e. The Hall–Kier alpha value is -3.84. The van der Waals surface area contributed by atoms with Gasteiger partial charge in [0.25, 0.3) is 0 Å². The van der Waals surface area contributed by atoms with E-state index in [-0.39, 0.29) is 21.7 Å². The van der Waals surface area contributed by atoms with Crippen molar-refractivity contribution in [3.63, 3.8) is 0 Å². The summed E-state index contributed by atoms with van der Waals surface area (Å²) in [5.74, 6) is 1.85. The molecule has 0 aliphatic heterocycles. The third kappa shape index (κ3) is 7.19. The lowest BCUT2D eigenvalue weighted by Gasteiger charge is -2.28. The first-order valence-corrected chi connectivity index (χ1v) is 21.2. The number of hydrogen-bond donors (Lipinski definition) is 0. The van der Waals surface area contributed by atoms with Gasteiger partial charge in [-0.3, -0.25) is 0 Å². The summed E-state index contributed by atoms with van der Waals surface area (Å²) in [6.45, 7) is 32.8. The van der Waals surface area contributed by atoms with E-state index < -0.39 is 0 Å². The fourth-order valence-electron chi connectivity index (χ4n) is 9.78. The summed E-state index contributed by atoms with van der Waals surface area (Å²) in [6.07, 6.45) is 11.0. The van der Waals surface area contributed by atoms with Crippen LogP contribution in [0, 0.1) is 0 Å². The van der Waals surface area contributed by atoms with Crippen molar-refractivity contribution in [2.24, 2.45) is 0 Å². The number of aryl methyl sites for hydroxylation is 1. The van der Waals surface area contributed by atoms with Crippen molar-refractivity contribution < 1.29 is 4.74 Å². The Bertz CT molecular complexity index is 2170.